The summed E-state index contributed by atoms with van der Waals surface area (Å²) in [7, 11) is 4.14. The zero-order valence-corrected chi connectivity index (χ0v) is 20.4. The van der Waals surface area contributed by atoms with Crippen LogP contribution in [0.15, 0.2) is 60.8 Å². The topological polar surface area (TPSA) is 69.3 Å². The lowest BCUT2D eigenvalue weighted by molar-refractivity contribution is -0.109. The van der Waals surface area contributed by atoms with Gasteiger partial charge in [0, 0.05) is 23.4 Å². The lowest BCUT2D eigenvalue weighted by Gasteiger charge is -2.25. The second-order valence-corrected chi connectivity index (χ2v) is 9.64. The number of aldehydes is 1. The van der Waals surface area contributed by atoms with Crippen molar-refractivity contribution in [2.45, 2.75) is 31.3 Å². The number of aromatic nitrogens is 1. The van der Waals surface area contributed by atoms with Crippen molar-refractivity contribution in [3.05, 3.63) is 83.1 Å². The fourth-order valence-corrected chi connectivity index (χ4v) is 5.08. The molecule has 1 aromatic heterocycles. The van der Waals surface area contributed by atoms with Crippen LogP contribution in [-0.4, -0.2) is 43.4 Å². The van der Waals surface area contributed by atoms with Crippen LogP contribution in [0.3, 0.4) is 0 Å². The summed E-state index contributed by atoms with van der Waals surface area (Å²) in [6, 6.07) is 18.7. The van der Waals surface area contributed by atoms with Gasteiger partial charge in [-0.3, -0.25) is 0 Å². The molecule has 1 fully saturated rings. The van der Waals surface area contributed by atoms with Crippen molar-refractivity contribution in [2.75, 3.05) is 32.5 Å². The van der Waals surface area contributed by atoms with Gasteiger partial charge in [-0.2, -0.15) is 0 Å². The number of hydrogen-bond acceptors (Lipinski definition) is 6. The third-order valence-electron chi connectivity index (χ3n) is 6.84. The van der Waals surface area contributed by atoms with Crippen LogP contribution in [0.2, 0.25) is 0 Å². The van der Waals surface area contributed by atoms with E-state index in [1.54, 1.807) is 0 Å². The number of nitrogens with one attached hydrogen (secondary N) is 3. The molecule has 0 saturated carbocycles. The molecule has 0 amide bonds. The number of benzene rings is 2. The van der Waals surface area contributed by atoms with E-state index in [9.17, 15) is 4.79 Å². The van der Waals surface area contributed by atoms with Crippen LogP contribution in [-0.2, 0) is 11.3 Å². The Morgan fingerprint density at radius 1 is 1.09 bits per heavy atom. The maximum Gasteiger partial charge on any atom is 0.146 e. The Kier molecular flexibility index (Phi) is 6.93. The van der Waals surface area contributed by atoms with Crippen LogP contribution in [0.1, 0.15) is 47.1 Å². The number of fused-ring (bicyclic) bond motifs is 1. The third kappa shape index (κ3) is 5.14. The van der Waals surface area contributed by atoms with E-state index in [4.69, 9.17) is 4.98 Å². The highest BCUT2D eigenvalue weighted by molar-refractivity contribution is 5.80. The molecule has 2 aliphatic heterocycles. The molecule has 6 heteroatoms. The Morgan fingerprint density at radius 2 is 1.86 bits per heavy atom. The van der Waals surface area contributed by atoms with Crippen molar-refractivity contribution in [3.63, 3.8) is 0 Å². The Balaban J connectivity index is 1.52. The minimum absolute atomic E-state index is 0.440. The molecule has 35 heavy (non-hydrogen) atoms. The molecule has 3 heterocycles. The highest BCUT2D eigenvalue weighted by Crippen LogP contribution is 2.35. The van der Waals surface area contributed by atoms with Gasteiger partial charge in [-0.1, -0.05) is 36.4 Å². The van der Waals surface area contributed by atoms with Gasteiger partial charge in [-0.15, -0.1) is 0 Å². The molecule has 2 aromatic carbocycles. The summed E-state index contributed by atoms with van der Waals surface area (Å²) >= 11 is 0. The molecular formula is C29H33N5O. The summed E-state index contributed by atoms with van der Waals surface area (Å²) in [5, 5.41) is 10.1. The molecule has 1 atom stereocenters. The number of nitrogens with zero attached hydrogens (tertiary/aromatic N) is 2. The van der Waals surface area contributed by atoms with Gasteiger partial charge < -0.3 is 25.6 Å². The zero-order chi connectivity index (χ0) is 24.2. The Bertz CT molecular complexity index is 1210. The lowest BCUT2D eigenvalue weighted by atomic mass is 9.90. The molecular weight excluding hydrogens is 434 g/mol. The highest BCUT2D eigenvalue weighted by atomic mass is 16.1. The van der Waals surface area contributed by atoms with Crippen molar-refractivity contribution < 1.29 is 4.79 Å². The van der Waals surface area contributed by atoms with Gasteiger partial charge in [-0.05, 0) is 93.1 Å². The molecule has 3 N–H and O–H groups in total. The van der Waals surface area contributed by atoms with Gasteiger partial charge >= 0.3 is 0 Å². The van der Waals surface area contributed by atoms with Crippen molar-refractivity contribution in [1.82, 2.24) is 20.5 Å². The summed E-state index contributed by atoms with van der Waals surface area (Å²) in [5.41, 5.74) is 7.43. The Hall–Kier alpha value is -3.48. The van der Waals surface area contributed by atoms with E-state index in [0.717, 1.165) is 54.0 Å². The van der Waals surface area contributed by atoms with E-state index >= 15 is 0 Å². The number of anilines is 2. The minimum Gasteiger partial charge on any atom is -0.378 e. The first-order chi connectivity index (χ1) is 17.1. The van der Waals surface area contributed by atoms with Crippen LogP contribution in [0.4, 0.5) is 11.5 Å². The Morgan fingerprint density at radius 3 is 2.60 bits per heavy atom. The highest BCUT2D eigenvalue weighted by Gasteiger charge is 2.23. The largest absolute Gasteiger partial charge is 0.378 e. The summed E-state index contributed by atoms with van der Waals surface area (Å²) in [4.78, 5) is 19.1. The van der Waals surface area contributed by atoms with Crippen LogP contribution in [0.5, 0.6) is 0 Å². The number of rotatable bonds is 7. The molecule has 6 nitrogen and oxygen atoms in total. The number of piperidine rings is 1. The average molecular weight is 468 g/mol. The molecule has 3 aromatic rings. The lowest BCUT2D eigenvalue weighted by Crippen LogP contribution is -2.26. The van der Waals surface area contributed by atoms with Crippen LogP contribution < -0.4 is 16.0 Å². The number of carbonyl (C=O) groups excluding carboxylic acids is 1. The van der Waals surface area contributed by atoms with E-state index in [2.05, 4.69) is 83.5 Å². The van der Waals surface area contributed by atoms with Gasteiger partial charge in [0.1, 0.15) is 18.1 Å². The molecule has 0 radical (unpaired) electrons. The summed E-state index contributed by atoms with van der Waals surface area (Å²) in [6.45, 7) is 2.98. The first-order valence-electron chi connectivity index (χ1n) is 12.4. The van der Waals surface area contributed by atoms with E-state index in [1.807, 2.05) is 18.3 Å². The third-order valence-corrected chi connectivity index (χ3v) is 6.84. The number of hydrogen-bond donors (Lipinski definition) is 3. The van der Waals surface area contributed by atoms with Crippen molar-refractivity contribution in [2.24, 2.45) is 0 Å². The summed E-state index contributed by atoms with van der Waals surface area (Å²) < 4.78 is 0. The molecule has 1 unspecified atom stereocenters. The van der Waals surface area contributed by atoms with Gasteiger partial charge in [0.2, 0.25) is 0 Å². The normalized spacial score (nSPS) is 17.6. The van der Waals surface area contributed by atoms with Crippen molar-refractivity contribution in [1.29, 1.82) is 0 Å². The molecule has 2 aliphatic rings. The molecule has 5 rings (SSSR count). The van der Waals surface area contributed by atoms with Crippen molar-refractivity contribution in [3.8, 4) is 11.3 Å². The standard InChI is InChI=1S/C29H33N5O/c1-34(2)18-23-5-3-4-6-25(23)26-17-22-13-16-31-27(19-35)28(22)29(33-26)32-24-9-7-20(8-10-24)21-11-14-30-15-12-21/h3-10,13,16-17,19,21,27,30-31H,11-12,14-15,18H2,1-2H3,(H,32,33). The molecule has 0 aliphatic carbocycles. The van der Waals surface area contributed by atoms with Crippen LogP contribution >= 0.6 is 0 Å². The molecule has 0 spiro atoms. The molecule has 0 bridgehead atoms. The van der Waals surface area contributed by atoms with Crippen LogP contribution in [0, 0.1) is 0 Å². The van der Waals surface area contributed by atoms with E-state index in [-0.39, 0.29) is 0 Å². The fourth-order valence-electron chi connectivity index (χ4n) is 5.08. The predicted molar refractivity (Wildman–Crippen MR) is 143 cm³/mol. The first-order valence-corrected chi connectivity index (χ1v) is 12.4. The van der Waals surface area contributed by atoms with Gasteiger partial charge in [0.05, 0.1) is 5.69 Å². The van der Waals surface area contributed by atoms with Gasteiger partial charge in [0.15, 0.2) is 0 Å². The second-order valence-electron chi connectivity index (χ2n) is 9.64. The second kappa shape index (κ2) is 10.4. The van der Waals surface area contributed by atoms with E-state index in [1.165, 1.54) is 24.0 Å². The maximum absolute atomic E-state index is 11.9. The number of carbonyl (C=O) groups is 1. The maximum atomic E-state index is 11.9. The quantitative estimate of drug-likeness (QED) is 0.432. The van der Waals surface area contributed by atoms with Crippen LogP contribution in [0.25, 0.3) is 17.3 Å². The average Bonchev–Trinajstić information content (AvgIpc) is 2.89. The minimum atomic E-state index is -0.440. The Labute approximate surface area is 207 Å². The van der Waals surface area contributed by atoms with E-state index in [0.29, 0.717) is 11.7 Å². The fraction of sp³-hybridized carbons (Fsp3) is 0.310. The monoisotopic (exact) mass is 467 g/mol. The van der Waals surface area contributed by atoms with Gasteiger partial charge in [-0.25, -0.2) is 4.98 Å². The first kappa shape index (κ1) is 23.3. The van der Waals surface area contributed by atoms with E-state index < -0.39 is 6.04 Å². The summed E-state index contributed by atoms with van der Waals surface area (Å²) in [6.07, 6.45) is 7.15. The molecule has 180 valence electrons. The van der Waals surface area contributed by atoms with Gasteiger partial charge in [0.25, 0.3) is 0 Å². The predicted octanol–water partition coefficient (Wildman–Crippen LogP) is 4.83. The SMILES string of the molecule is CN(C)Cc1ccccc1-c1cc2c(c(Nc3ccc(C4CCNCC4)cc3)n1)C(C=O)NC=C2. The smallest absolute Gasteiger partial charge is 0.146 e. The summed E-state index contributed by atoms with van der Waals surface area (Å²) in [5.74, 6) is 1.32. The zero-order valence-electron chi connectivity index (χ0n) is 20.4. The van der Waals surface area contributed by atoms with Crippen molar-refractivity contribution >= 4 is 23.9 Å². The molecule has 1 saturated heterocycles. The number of pyridine rings is 1.